The standard InChI is InChI=1S/C16H20FN3O.ClH/c1-18-14-5-7-20(8-6-14)10-15-11-21-16(19-15)12-3-2-4-13(17)9-12;/h2-4,9,11,14,18H,5-8,10H2,1H3;1H. The highest BCUT2D eigenvalue weighted by Gasteiger charge is 2.19. The third kappa shape index (κ3) is 4.06. The molecule has 1 aromatic carbocycles. The Hall–Kier alpha value is -1.43. The van der Waals surface area contributed by atoms with E-state index in [4.69, 9.17) is 4.42 Å². The third-order valence-electron chi connectivity index (χ3n) is 4.00. The Bertz CT molecular complexity index is 597. The summed E-state index contributed by atoms with van der Waals surface area (Å²) in [5.41, 5.74) is 1.58. The number of halogens is 2. The van der Waals surface area contributed by atoms with E-state index in [1.807, 2.05) is 7.05 Å². The zero-order valence-corrected chi connectivity index (χ0v) is 13.4. The van der Waals surface area contributed by atoms with Crippen LogP contribution in [0.5, 0.6) is 0 Å². The van der Waals surface area contributed by atoms with E-state index in [0.29, 0.717) is 17.5 Å². The van der Waals surface area contributed by atoms with Crippen molar-refractivity contribution in [1.29, 1.82) is 0 Å². The molecule has 0 amide bonds. The van der Waals surface area contributed by atoms with Crippen LogP contribution in [0.25, 0.3) is 11.5 Å². The van der Waals surface area contributed by atoms with Gasteiger partial charge in [0.2, 0.25) is 5.89 Å². The fraction of sp³-hybridized carbons (Fsp3) is 0.438. The number of likely N-dealkylation sites (tertiary alicyclic amines) is 1. The molecule has 6 heteroatoms. The average Bonchev–Trinajstić information content (AvgIpc) is 2.97. The quantitative estimate of drug-likeness (QED) is 0.938. The molecule has 1 aromatic heterocycles. The molecule has 0 radical (unpaired) electrons. The maximum absolute atomic E-state index is 13.2. The minimum Gasteiger partial charge on any atom is -0.444 e. The summed E-state index contributed by atoms with van der Waals surface area (Å²) in [4.78, 5) is 6.84. The Morgan fingerprint density at radius 3 is 2.82 bits per heavy atom. The van der Waals surface area contributed by atoms with Gasteiger partial charge < -0.3 is 9.73 Å². The molecule has 1 saturated heterocycles. The molecule has 0 saturated carbocycles. The topological polar surface area (TPSA) is 41.3 Å². The molecular weight excluding hydrogens is 305 g/mol. The molecule has 0 bridgehead atoms. The number of nitrogens with zero attached hydrogens (tertiary/aromatic N) is 2. The van der Waals surface area contributed by atoms with E-state index in [-0.39, 0.29) is 18.2 Å². The Morgan fingerprint density at radius 1 is 1.36 bits per heavy atom. The summed E-state index contributed by atoms with van der Waals surface area (Å²) < 4.78 is 18.7. The smallest absolute Gasteiger partial charge is 0.226 e. The average molecular weight is 326 g/mol. The second-order valence-corrected chi connectivity index (χ2v) is 5.49. The summed E-state index contributed by atoms with van der Waals surface area (Å²) in [6.07, 6.45) is 3.99. The van der Waals surface area contributed by atoms with Gasteiger partial charge in [0, 0.05) is 31.2 Å². The molecule has 1 aliphatic rings. The predicted octanol–water partition coefficient (Wildman–Crippen LogP) is 3.09. The van der Waals surface area contributed by atoms with E-state index in [0.717, 1.165) is 38.2 Å². The van der Waals surface area contributed by atoms with Crippen LogP contribution >= 0.6 is 12.4 Å². The summed E-state index contributed by atoms with van der Waals surface area (Å²) >= 11 is 0. The first-order valence-electron chi connectivity index (χ1n) is 7.34. The summed E-state index contributed by atoms with van der Waals surface area (Å²) in [6.45, 7) is 2.91. The van der Waals surface area contributed by atoms with Crippen molar-refractivity contribution in [2.24, 2.45) is 0 Å². The van der Waals surface area contributed by atoms with Crippen molar-refractivity contribution in [1.82, 2.24) is 15.2 Å². The number of nitrogens with one attached hydrogen (secondary N) is 1. The van der Waals surface area contributed by atoms with Gasteiger partial charge in [-0.25, -0.2) is 9.37 Å². The highest BCUT2D eigenvalue weighted by Crippen LogP contribution is 2.21. The lowest BCUT2D eigenvalue weighted by atomic mass is 10.1. The molecular formula is C16H21ClFN3O. The largest absolute Gasteiger partial charge is 0.444 e. The molecule has 2 heterocycles. The molecule has 1 N–H and O–H groups in total. The molecule has 0 aliphatic carbocycles. The van der Waals surface area contributed by atoms with Crippen molar-refractivity contribution >= 4 is 12.4 Å². The van der Waals surface area contributed by atoms with E-state index in [2.05, 4.69) is 15.2 Å². The van der Waals surface area contributed by atoms with Gasteiger partial charge in [-0.05, 0) is 38.1 Å². The monoisotopic (exact) mass is 325 g/mol. The van der Waals surface area contributed by atoms with Crippen LogP contribution < -0.4 is 5.32 Å². The maximum atomic E-state index is 13.2. The first kappa shape index (κ1) is 16.9. The molecule has 0 atom stereocenters. The van der Waals surface area contributed by atoms with Crippen LogP contribution in [0.3, 0.4) is 0 Å². The van der Waals surface area contributed by atoms with Gasteiger partial charge in [0.1, 0.15) is 12.1 Å². The highest BCUT2D eigenvalue weighted by molar-refractivity contribution is 5.85. The second kappa shape index (κ2) is 7.72. The number of oxazole rings is 1. The number of hydrogen-bond donors (Lipinski definition) is 1. The van der Waals surface area contributed by atoms with Crippen LogP contribution in [0.1, 0.15) is 18.5 Å². The zero-order chi connectivity index (χ0) is 14.7. The normalized spacial score (nSPS) is 16.5. The fourth-order valence-corrected chi connectivity index (χ4v) is 2.74. The van der Waals surface area contributed by atoms with Gasteiger partial charge >= 0.3 is 0 Å². The second-order valence-electron chi connectivity index (χ2n) is 5.49. The summed E-state index contributed by atoms with van der Waals surface area (Å²) in [5.74, 6) is 0.205. The SMILES string of the molecule is CNC1CCN(Cc2coc(-c3cccc(F)c3)n2)CC1.Cl. The summed E-state index contributed by atoms with van der Waals surface area (Å²) in [6, 6.07) is 6.95. The van der Waals surface area contributed by atoms with E-state index < -0.39 is 0 Å². The van der Waals surface area contributed by atoms with Gasteiger partial charge in [-0.1, -0.05) is 6.07 Å². The lowest BCUT2D eigenvalue weighted by Crippen LogP contribution is -2.40. The summed E-state index contributed by atoms with van der Waals surface area (Å²) in [7, 11) is 2.02. The lowest BCUT2D eigenvalue weighted by molar-refractivity contribution is 0.192. The number of benzene rings is 1. The highest BCUT2D eigenvalue weighted by atomic mass is 35.5. The van der Waals surface area contributed by atoms with Crippen molar-refractivity contribution in [2.75, 3.05) is 20.1 Å². The van der Waals surface area contributed by atoms with Gasteiger partial charge in [-0.2, -0.15) is 0 Å². The molecule has 0 spiro atoms. The van der Waals surface area contributed by atoms with E-state index >= 15 is 0 Å². The molecule has 120 valence electrons. The van der Waals surface area contributed by atoms with E-state index in [1.165, 1.54) is 12.1 Å². The van der Waals surface area contributed by atoms with Gasteiger partial charge in [-0.3, -0.25) is 4.90 Å². The number of aromatic nitrogens is 1. The first-order valence-corrected chi connectivity index (χ1v) is 7.34. The Morgan fingerprint density at radius 2 is 2.14 bits per heavy atom. The van der Waals surface area contributed by atoms with Gasteiger partial charge in [0.25, 0.3) is 0 Å². The van der Waals surface area contributed by atoms with Crippen molar-refractivity contribution in [3.8, 4) is 11.5 Å². The molecule has 1 aliphatic heterocycles. The van der Waals surface area contributed by atoms with Crippen LogP contribution in [0.4, 0.5) is 4.39 Å². The lowest BCUT2D eigenvalue weighted by Gasteiger charge is -2.31. The van der Waals surface area contributed by atoms with Crippen LogP contribution in [0, 0.1) is 5.82 Å². The van der Waals surface area contributed by atoms with Crippen molar-refractivity contribution < 1.29 is 8.81 Å². The summed E-state index contributed by atoms with van der Waals surface area (Å²) in [5, 5.41) is 3.32. The number of piperidine rings is 1. The van der Waals surface area contributed by atoms with Gasteiger partial charge in [0.15, 0.2) is 0 Å². The Kier molecular flexibility index (Phi) is 5.94. The van der Waals surface area contributed by atoms with E-state index in [9.17, 15) is 4.39 Å². The van der Waals surface area contributed by atoms with Crippen LogP contribution in [0.2, 0.25) is 0 Å². The minimum atomic E-state index is -0.276. The Labute approximate surface area is 136 Å². The molecule has 1 fully saturated rings. The molecule has 4 nitrogen and oxygen atoms in total. The van der Waals surface area contributed by atoms with Crippen LogP contribution in [-0.2, 0) is 6.54 Å². The number of hydrogen-bond acceptors (Lipinski definition) is 4. The fourth-order valence-electron chi connectivity index (χ4n) is 2.74. The molecule has 0 unspecified atom stereocenters. The van der Waals surface area contributed by atoms with E-state index in [1.54, 1.807) is 18.4 Å². The van der Waals surface area contributed by atoms with Crippen LogP contribution in [-0.4, -0.2) is 36.1 Å². The molecule has 2 aromatic rings. The minimum absolute atomic E-state index is 0. The predicted molar refractivity (Wildman–Crippen MR) is 86.5 cm³/mol. The van der Waals surface area contributed by atoms with Crippen molar-refractivity contribution in [2.45, 2.75) is 25.4 Å². The Balaban J connectivity index is 0.00000176. The third-order valence-corrected chi connectivity index (χ3v) is 4.00. The van der Waals surface area contributed by atoms with Crippen molar-refractivity contribution in [3.05, 3.63) is 42.0 Å². The van der Waals surface area contributed by atoms with Gasteiger partial charge in [-0.15, -0.1) is 12.4 Å². The zero-order valence-electron chi connectivity index (χ0n) is 12.6. The maximum Gasteiger partial charge on any atom is 0.226 e. The van der Waals surface area contributed by atoms with Crippen LogP contribution in [0.15, 0.2) is 34.9 Å². The van der Waals surface area contributed by atoms with Crippen molar-refractivity contribution in [3.63, 3.8) is 0 Å². The first-order chi connectivity index (χ1) is 10.2. The molecule has 22 heavy (non-hydrogen) atoms. The molecule has 3 rings (SSSR count). The number of rotatable bonds is 4. The van der Waals surface area contributed by atoms with Gasteiger partial charge in [0.05, 0.1) is 5.69 Å².